The Bertz CT molecular complexity index is 821. The van der Waals surface area contributed by atoms with Crippen LogP contribution in [0.5, 0.6) is 23.0 Å². The maximum absolute atomic E-state index is 10.6. The molecule has 2 rings (SSSR count). The summed E-state index contributed by atoms with van der Waals surface area (Å²) in [6.45, 7) is 1.51. The molecule has 0 aliphatic rings. The lowest BCUT2D eigenvalue weighted by atomic mass is 10.0. The molecule has 0 fully saturated rings. The summed E-state index contributed by atoms with van der Waals surface area (Å²) in [5.41, 5.74) is 6.32. The summed E-state index contributed by atoms with van der Waals surface area (Å²) in [6, 6.07) is 7.07. The van der Waals surface area contributed by atoms with Gasteiger partial charge in [0.15, 0.2) is 23.0 Å². The molecule has 9 nitrogen and oxygen atoms in total. The van der Waals surface area contributed by atoms with Crippen molar-refractivity contribution >= 4 is 11.9 Å². The Balaban J connectivity index is 0.000000271. The van der Waals surface area contributed by atoms with E-state index in [-0.39, 0.29) is 29.4 Å². The van der Waals surface area contributed by atoms with E-state index in [1.807, 2.05) is 0 Å². The normalized spacial score (nSPS) is 12.4. The van der Waals surface area contributed by atoms with Gasteiger partial charge in [0, 0.05) is 0 Å². The molecular weight excluding hydrogens is 358 g/mol. The topological polar surface area (TPSA) is 182 Å². The maximum atomic E-state index is 10.6. The van der Waals surface area contributed by atoms with Crippen LogP contribution in [0.1, 0.15) is 24.0 Å². The minimum absolute atomic E-state index is 0.114. The Kier molecular flexibility index (Phi) is 7.43. The number of aromatic hydroxyl groups is 4. The molecule has 0 aromatic heterocycles. The van der Waals surface area contributed by atoms with Gasteiger partial charge >= 0.3 is 11.9 Å². The van der Waals surface area contributed by atoms with Crippen molar-refractivity contribution in [3.8, 4) is 23.0 Å². The minimum atomic E-state index is -1.10. The van der Waals surface area contributed by atoms with Crippen molar-refractivity contribution in [2.24, 2.45) is 5.73 Å². The number of carbonyl (C=O) groups is 2. The zero-order valence-corrected chi connectivity index (χ0v) is 14.4. The highest BCUT2D eigenvalue weighted by molar-refractivity contribution is 5.76. The summed E-state index contributed by atoms with van der Waals surface area (Å²) >= 11 is 0. The van der Waals surface area contributed by atoms with Gasteiger partial charge < -0.3 is 36.4 Å². The smallest absolute Gasteiger partial charge is 0.320 e. The number of hydrogen-bond acceptors (Lipinski definition) is 7. The number of nitrogens with two attached hydrogens (primary N) is 1. The van der Waals surface area contributed by atoms with E-state index in [0.717, 1.165) is 0 Å². The Morgan fingerprint density at radius 3 is 1.81 bits per heavy atom. The summed E-state index contributed by atoms with van der Waals surface area (Å²) in [5, 5.41) is 53.3. The largest absolute Gasteiger partial charge is 0.504 e. The number of carboxylic acid groups (broad SMARTS) is 2. The van der Waals surface area contributed by atoms with Crippen molar-refractivity contribution in [2.45, 2.75) is 25.3 Å². The molecule has 2 aromatic carbocycles. The van der Waals surface area contributed by atoms with Crippen LogP contribution in [0.4, 0.5) is 0 Å². The van der Waals surface area contributed by atoms with Crippen molar-refractivity contribution in [3.63, 3.8) is 0 Å². The Hall–Kier alpha value is -3.46. The molecule has 1 unspecified atom stereocenters. The standard InChI is InChI=1S/C9H11NO4.C9H10O4/c10-6(9(13)14)3-5-1-2-7(11)8(12)4-5;1-5(9(12)13)6-2-3-7(10)8(11)4-6/h1-2,4,6,11-12H,3,10H2,(H,13,14);2-5,10-11H,1H3,(H,12,13)/t6-;/m0./s1. The highest BCUT2D eigenvalue weighted by atomic mass is 16.4. The van der Waals surface area contributed by atoms with Crippen molar-refractivity contribution in [1.29, 1.82) is 0 Å². The molecular formula is C18H21NO8. The number of benzene rings is 2. The molecule has 27 heavy (non-hydrogen) atoms. The quantitative estimate of drug-likeness (QED) is 0.377. The third-order valence-electron chi connectivity index (χ3n) is 3.68. The van der Waals surface area contributed by atoms with Crippen LogP contribution in [-0.4, -0.2) is 48.6 Å². The van der Waals surface area contributed by atoms with Crippen molar-refractivity contribution in [1.82, 2.24) is 0 Å². The van der Waals surface area contributed by atoms with Crippen LogP contribution < -0.4 is 5.73 Å². The SMILES string of the molecule is CC(C(=O)O)c1ccc(O)c(O)c1.N[C@@H](Cc1ccc(O)c(O)c1)C(=O)O. The first kappa shape index (κ1) is 21.6. The van der Waals surface area contributed by atoms with E-state index >= 15 is 0 Å². The van der Waals surface area contributed by atoms with Crippen LogP contribution in [0.25, 0.3) is 0 Å². The maximum Gasteiger partial charge on any atom is 0.320 e. The van der Waals surface area contributed by atoms with Crippen LogP contribution in [-0.2, 0) is 16.0 Å². The van der Waals surface area contributed by atoms with E-state index in [0.29, 0.717) is 11.1 Å². The second-order valence-electron chi connectivity index (χ2n) is 5.78. The molecule has 8 N–H and O–H groups in total. The number of rotatable bonds is 5. The molecule has 0 aliphatic heterocycles. The van der Waals surface area contributed by atoms with Gasteiger partial charge in [-0.1, -0.05) is 12.1 Å². The summed E-state index contributed by atoms with van der Waals surface area (Å²) in [5.74, 6) is -3.82. The molecule has 0 heterocycles. The van der Waals surface area contributed by atoms with Crippen LogP contribution in [0.2, 0.25) is 0 Å². The first-order chi connectivity index (χ1) is 12.5. The fourth-order valence-corrected chi connectivity index (χ4v) is 1.99. The minimum Gasteiger partial charge on any atom is -0.504 e. The third-order valence-corrected chi connectivity index (χ3v) is 3.68. The first-order valence-corrected chi connectivity index (χ1v) is 7.76. The van der Waals surface area contributed by atoms with Gasteiger partial charge in [-0.15, -0.1) is 0 Å². The first-order valence-electron chi connectivity index (χ1n) is 7.76. The van der Waals surface area contributed by atoms with E-state index in [9.17, 15) is 9.59 Å². The molecule has 0 saturated heterocycles. The Labute approximate surface area is 154 Å². The highest BCUT2D eigenvalue weighted by Gasteiger charge is 2.15. The fourth-order valence-electron chi connectivity index (χ4n) is 1.99. The second-order valence-corrected chi connectivity index (χ2v) is 5.78. The van der Waals surface area contributed by atoms with Gasteiger partial charge in [0.25, 0.3) is 0 Å². The van der Waals surface area contributed by atoms with Crippen LogP contribution in [0.3, 0.4) is 0 Å². The van der Waals surface area contributed by atoms with E-state index in [1.54, 1.807) is 0 Å². The number of phenolic OH excluding ortho intramolecular Hbond substituents is 4. The van der Waals surface area contributed by atoms with E-state index in [1.165, 1.54) is 43.3 Å². The molecule has 9 heteroatoms. The predicted molar refractivity (Wildman–Crippen MR) is 94.9 cm³/mol. The lowest BCUT2D eigenvalue weighted by molar-refractivity contribution is -0.139. The van der Waals surface area contributed by atoms with Gasteiger partial charge in [-0.05, 0) is 48.7 Å². The summed E-state index contributed by atoms with van der Waals surface area (Å²) in [4.78, 5) is 21.0. The lowest BCUT2D eigenvalue weighted by Gasteiger charge is -2.07. The molecule has 2 aromatic rings. The van der Waals surface area contributed by atoms with Gasteiger partial charge in [0.1, 0.15) is 6.04 Å². The highest BCUT2D eigenvalue weighted by Crippen LogP contribution is 2.28. The molecule has 146 valence electrons. The fraction of sp³-hybridized carbons (Fsp3) is 0.222. The van der Waals surface area contributed by atoms with E-state index < -0.39 is 23.9 Å². The van der Waals surface area contributed by atoms with Crippen molar-refractivity contribution in [2.75, 3.05) is 0 Å². The Morgan fingerprint density at radius 1 is 0.852 bits per heavy atom. The van der Waals surface area contributed by atoms with Gasteiger partial charge in [-0.25, -0.2) is 0 Å². The molecule has 0 saturated carbocycles. The van der Waals surface area contributed by atoms with Crippen molar-refractivity contribution in [3.05, 3.63) is 47.5 Å². The van der Waals surface area contributed by atoms with Gasteiger partial charge in [-0.3, -0.25) is 9.59 Å². The average Bonchev–Trinajstić information content (AvgIpc) is 2.60. The van der Waals surface area contributed by atoms with Crippen LogP contribution in [0.15, 0.2) is 36.4 Å². The molecule has 0 amide bonds. The van der Waals surface area contributed by atoms with E-state index in [2.05, 4.69) is 0 Å². The predicted octanol–water partition coefficient (Wildman–Crippen LogP) is 1.34. The van der Waals surface area contributed by atoms with Crippen molar-refractivity contribution < 1.29 is 40.2 Å². The van der Waals surface area contributed by atoms with Gasteiger partial charge in [-0.2, -0.15) is 0 Å². The Morgan fingerprint density at radius 2 is 1.37 bits per heavy atom. The zero-order chi connectivity index (χ0) is 20.7. The van der Waals surface area contributed by atoms with Gasteiger partial charge in [0.05, 0.1) is 5.92 Å². The monoisotopic (exact) mass is 379 g/mol. The lowest BCUT2D eigenvalue weighted by Crippen LogP contribution is -2.32. The number of carboxylic acids is 2. The molecule has 2 atom stereocenters. The zero-order valence-electron chi connectivity index (χ0n) is 14.4. The van der Waals surface area contributed by atoms with Crippen LogP contribution >= 0.6 is 0 Å². The van der Waals surface area contributed by atoms with Crippen LogP contribution in [0, 0.1) is 0 Å². The van der Waals surface area contributed by atoms with Gasteiger partial charge in [0.2, 0.25) is 0 Å². The number of aliphatic carboxylic acids is 2. The molecule has 0 bridgehead atoms. The third kappa shape index (κ3) is 6.40. The summed E-state index contributed by atoms with van der Waals surface area (Å²) < 4.78 is 0. The second kappa shape index (κ2) is 9.30. The molecule has 0 spiro atoms. The number of hydrogen-bond donors (Lipinski definition) is 7. The average molecular weight is 379 g/mol. The molecule has 0 radical (unpaired) electrons. The summed E-state index contributed by atoms with van der Waals surface area (Å²) in [6.07, 6.45) is 0.114. The van der Waals surface area contributed by atoms with E-state index in [4.69, 9.17) is 36.4 Å². The molecule has 0 aliphatic carbocycles. The number of phenols is 4. The summed E-state index contributed by atoms with van der Waals surface area (Å²) in [7, 11) is 0.